The Morgan fingerprint density at radius 3 is 3.10 bits per heavy atom. The van der Waals surface area contributed by atoms with Gasteiger partial charge < -0.3 is 19.7 Å². The summed E-state index contributed by atoms with van der Waals surface area (Å²) in [4.78, 5) is 14.2. The van der Waals surface area contributed by atoms with Crippen LogP contribution in [-0.4, -0.2) is 57.4 Å². The van der Waals surface area contributed by atoms with Gasteiger partial charge in [0.05, 0.1) is 19.3 Å². The summed E-state index contributed by atoms with van der Waals surface area (Å²) in [5.41, 5.74) is 1.04. The zero-order valence-electron chi connectivity index (χ0n) is 12.2. The number of hydrogen-bond acceptors (Lipinski definition) is 4. The summed E-state index contributed by atoms with van der Waals surface area (Å²) in [6.07, 6.45) is 0. The molecule has 0 bridgehead atoms. The van der Waals surface area contributed by atoms with E-state index in [0.717, 1.165) is 18.7 Å². The zero-order valence-corrected chi connectivity index (χ0v) is 12.9. The molecular formula is C15H21ClN2O3. The van der Waals surface area contributed by atoms with Crippen molar-refractivity contribution in [3.8, 4) is 0 Å². The fraction of sp³-hybridized carbons (Fsp3) is 0.533. The molecule has 1 aromatic carbocycles. The van der Waals surface area contributed by atoms with Crippen LogP contribution >= 0.6 is 11.6 Å². The van der Waals surface area contributed by atoms with Crippen molar-refractivity contribution in [1.29, 1.82) is 0 Å². The van der Waals surface area contributed by atoms with Crippen molar-refractivity contribution >= 4 is 17.5 Å². The molecule has 1 heterocycles. The van der Waals surface area contributed by atoms with Crippen LogP contribution in [0.5, 0.6) is 0 Å². The topological polar surface area (TPSA) is 50.8 Å². The van der Waals surface area contributed by atoms with Crippen molar-refractivity contribution in [1.82, 2.24) is 10.2 Å². The van der Waals surface area contributed by atoms with E-state index in [1.54, 1.807) is 7.11 Å². The minimum atomic E-state index is -0.00373. The zero-order chi connectivity index (χ0) is 15.1. The van der Waals surface area contributed by atoms with E-state index in [9.17, 15) is 4.79 Å². The molecule has 0 aromatic heterocycles. The van der Waals surface area contributed by atoms with Gasteiger partial charge in [0.1, 0.15) is 6.61 Å². The van der Waals surface area contributed by atoms with E-state index in [-0.39, 0.29) is 18.6 Å². The van der Waals surface area contributed by atoms with Gasteiger partial charge in [0.25, 0.3) is 0 Å². The summed E-state index contributed by atoms with van der Waals surface area (Å²) in [5.74, 6) is -0.00224. The molecule has 1 aliphatic heterocycles. The van der Waals surface area contributed by atoms with Crippen LogP contribution in [0.1, 0.15) is 11.6 Å². The van der Waals surface area contributed by atoms with Gasteiger partial charge in [-0.15, -0.1) is 0 Å². The number of carbonyl (C=O) groups is 1. The van der Waals surface area contributed by atoms with Gasteiger partial charge in [-0.25, -0.2) is 0 Å². The number of methoxy groups -OCH3 is 1. The normalized spacial score (nSPS) is 18.8. The number of nitrogens with zero attached hydrogens (tertiary/aromatic N) is 1. The Morgan fingerprint density at radius 1 is 1.48 bits per heavy atom. The van der Waals surface area contributed by atoms with E-state index in [0.29, 0.717) is 24.8 Å². The average molecular weight is 313 g/mol. The summed E-state index contributed by atoms with van der Waals surface area (Å²) >= 11 is 6.05. The third-order valence-corrected chi connectivity index (χ3v) is 3.69. The molecule has 0 aliphatic carbocycles. The number of carbonyl (C=O) groups excluding carboxylic acids is 1. The van der Waals surface area contributed by atoms with Gasteiger partial charge >= 0.3 is 0 Å². The summed E-state index contributed by atoms with van der Waals surface area (Å²) < 4.78 is 10.2. The number of piperazine rings is 1. The molecule has 1 saturated heterocycles. The summed E-state index contributed by atoms with van der Waals surface area (Å²) in [6, 6.07) is 7.64. The molecule has 0 radical (unpaired) electrons. The molecule has 1 amide bonds. The van der Waals surface area contributed by atoms with Gasteiger partial charge in [-0.2, -0.15) is 0 Å². The fourth-order valence-corrected chi connectivity index (χ4v) is 2.60. The Morgan fingerprint density at radius 2 is 2.33 bits per heavy atom. The van der Waals surface area contributed by atoms with Gasteiger partial charge in [-0.3, -0.25) is 4.79 Å². The van der Waals surface area contributed by atoms with Crippen LogP contribution in [0, 0.1) is 0 Å². The summed E-state index contributed by atoms with van der Waals surface area (Å²) in [7, 11) is 1.61. The van der Waals surface area contributed by atoms with E-state index in [1.165, 1.54) is 0 Å². The predicted octanol–water partition coefficient (Wildman–Crippen LogP) is 1.48. The minimum Gasteiger partial charge on any atom is -0.382 e. The van der Waals surface area contributed by atoms with E-state index >= 15 is 0 Å². The lowest BCUT2D eigenvalue weighted by atomic mass is 10.0. The third kappa shape index (κ3) is 4.68. The van der Waals surface area contributed by atoms with Gasteiger partial charge in [0, 0.05) is 31.8 Å². The number of halogens is 1. The van der Waals surface area contributed by atoms with Crippen molar-refractivity contribution < 1.29 is 14.3 Å². The lowest BCUT2D eigenvalue weighted by Gasteiger charge is -2.36. The number of hydrogen-bond donors (Lipinski definition) is 1. The highest BCUT2D eigenvalue weighted by atomic mass is 35.5. The Kier molecular flexibility index (Phi) is 6.45. The monoisotopic (exact) mass is 312 g/mol. The maximum atomic E-state index is 12.3. The van der Waals surface area contributed by atoms with Crippen LogP contribution in [0.2, 0.25) is 5.02 Å². The minimum absolute atomic E-state index is 0.00224. The van der Waals surface area contributed by atoms with Crippen LogP contribution in [0.4, 0.5) is 0 Å². The van der Waals surface area contributed by atoms with Crippen LogP contribution in [0.3, 0.4) is 0 Å². The molecule has 116 valence electrons. The Balaban J connectivity index is 2.00. The number of nitrogens with one attached hydrogen (secondary N) is 1. The van der Waals surface area contributed by atoms with Crippen LogP contribution in [0.15, 0.2) is 24.3 Å². The standard InChI is InChI=1S/C15H21ClN2O3/c1-20-7-8-21-11-15(19)18-6-5-17-10-14(18)12-3-2-4-13(16)9-12/h2-4,9,14,17H,5-8,10-11H2,1H3. The van der Waals surface area contributed by atoms with Crippen LogP contribution in [-0.2, 0) is 14.3 Å². The first-order valence-corrected chi connectivity index (χ1v) is 7.42. The second-order valence-corrected chi connectivity index (χ2v) is 5.34. The maximum absolute atomic E-state index is 12.3. The molecule has 1 aliphatic rings. The quantitative estimate of drug-likeness (QED) is 0.808. The first-order valence-electron chi connectivity index (χ1n) is 7.04. The SMILES string of the molecule is COCCOCC(=O)N1CCNCC1c1cccc(Cl)c1. The van der Waals surface area contributed by atoms with Gasteiger partial charge in [-0.05, 0) is 17.7 Å². The molecule has 1 aromatic rings. The molecule has 1 unspecified atom stereocenters. The second kappa shape index (κ2) is 8.34. The molecule has 6 heteroatoms. The number of amides is 1. The van der Waals surface area contributed by atoms with Crippen molar-refractivity contribution in [2.75, 3.05) is 46.6 Å². The second-order valence-electron chi connectivity index (χ2n) is 4.91. The van der Waals surface area contributed by atoms with Crippen molar-refractivity contribution in [3.05, 3.63) is 34.9 Å². The predicted molar refractivity (Wildman–Crippen MR) is 81.5 cm³/mol. The fourth-order valence-electron chi connectivity index (χ4n) is 2.40. The van der Waals surface area contributed by atoms with Crippen molar-refractivity contribution in [3.63, 3.8) is 0 Å². The van der Waals surface area contributed by atoms with Crippen LogP contribution in [0.25, 0.3) is 0 Å². The third-order valence-electron chi connectivity index (χ3n) is 3.45. The van der Waals surface area contributed by atoms with Crippen LogP contribution < -0.4 is 5.32 Å². The van der Waals surface area contributed by atoms with E-state index in [4.69, 9.17) is 21.1 Å². The molecule has 0 saturated carbocycles. The van der Waals surface area contributed by atoms with E-state index in [1.807, 2.05) is 29.2 Å². The van der Waals surface area contributed by atoms with Crippen molar-refractivity contribution in [2.45, 2.75) is 6.04 Å². The molecule has 2 rings (SSSR count). The molecule has 1 N–H and O–H groups in total. The largest absolute Gasteiger partial charge is 0.382 e. The first kappa shape index (κ1) is 16.2. The highest BCUT2D eigenvalue weighted by Gasteiger charge is 2.27. The number of benzene rings is 1. The first-order chi connectivity index (χ1) is 10.2. The van der Waals surface area contributed by atoms with Crippen molar-refractivity contribution in [2.24, 2.45) is 0 Å². The molecule has 21 heavy (non-hydrogen) atoms. The molecule has 1 atom stereocenters. The molecule has 5 nitrogen and oxygen atoms in total. The Labute approximate surface area is 130 Å². The Bertz CT molecular complexity index is 470. The summed E-state index contributed by atoms with van der Waals surface area (Å²) in [5, 5.41) is 4.00. The Hall–Kier alpha value is -1.14. The van der Waals surface area contributed by atoms with Gasteiger partial charge in [0.15, 0.2) is 0 Å². The lowest BCUT2D eigenvalue weighted by Crippen LogP contribution is -2.49. The molecule has 0 spiro atoms. The number of rotatable bonds is 6. The van der Waals surface area contributed by atoms with Gasteiger partial charge in [-0.1, -0.05) is 23.7 Å². The molecular weight excluding hydrogens is 292 g/mol. The maximum Gasteiger partial charge on any atom is 0.249 e. The smallest absolute Gasteiger partial charge is 0.249 e. The average Bonchev–Trinajstić information content (AvgIpc) is 2.51. The lowest BCUT2D eigenvalue weighted by molar-refractivity contribution is -0.140. The van der Waals surface area contributed by atoms with Gasteiger partial charge in [0.2, 0.25) is 5.91 Å². The summed E-state index contributed by atoms with van der Waals surface area (Å²) in [6.45, 7) is 3.19. The highest BCUT2D eigenvalue weighted by molar-refractivity contribution is 6.30. The molecule has 1 fully saturated rings. The highest BCUT2D eigenvalue weighted by Crippen LogP contribution is 2.24. The van der Waals surface area contributed by atoms with E-state index in [2.05, 4.69) is 5.32 Å². The van der Waals surface area contributed by atoms with E-state index < -0.39 is 0 Å². The number of ether oxygens (including phenoxy) is 2.